The lowest BCUT2D eigenvalue weighted by Gasteiger charge is -2.23. The van der Waals surface area contributed by atoms with Gasteiger partial charge in [-0.1, -0.05) is 23.7 Å². The Morgan fingerprint density at radius 2 is 1.71 bits per heavy atom. The standard InChI is InChI=1S/C10H11ClN2O/c11-9-3-1-7(2-4-9)8-5-12-10(14)13-6-8/h1-4,8H,5-6H2,(H2,12,13,14). The second kappa shape index (κ2) is 3.88. The van der Waals surface area contributed by atoms with Crippen molar-refractivity contribution in [2.24, 2.45) is 0 Å². The van der Waals surface area contributed by atoms with Crippen LogP contribution >= 0.6 is 11.6 Å². The van der Waals surface area contributed by atoms with E-state index in [-0.39, 0.29) is 6.03 Å². The summed E-state index contributed by atoms with van der Waals surface area (Å²) in [5, 5.41) is 6.26. The van der Waals surface area contributed by atoms with E-state index in [2.05, 4.69) is 10.6 Å². The summed E-state index contributed by atoms with van der Waals surface area (Å²) in [5.41, 5.74) is 1.20. The summed E-state index contributed by atoms with van der Waals surface area (Å²) in [4.78, 5) is 10.9. The Morgan fingerprint density at radius 3 is 2.29 bits per heavy atom. The maximum Gasteiger partial charge on any atom is 0.314 e. The quantitative estimate of drug-likeness (QED) is 0.729. The van der Waals surface area contributed by atoms with Crippen molar-refractivity contribution in [3.05, 3.63) is 34.9 Å². The van der Waals surface area contributed by atoms with Crippen molar-refractivity contribution in [2.75, 3.05) is 13.1 Å². The molecule has 0 atom stereocenters. The van der Waals surface area contributed by atoms with Gasteiger partial charge in [-0.3, -0.25) is 0 Å². The summed E-state index contributed by atoms with van der Waals surface area (Å²) in [5.74, 6) is 0.338. The summed E-state index contributed by atoms with van der Waals surface area (Å²) < 4.78 is 0. The number of nitrogens with one attached hydrogen (secondary N) is 2. The predicted octanol–water partition coefficient (Wildman–Crippen LogP) is 1.74. The fraction of sp³-hybridized carbons (Fsp3) is 0.300. The van der Waals surface area contributed by atoms with Crippen molar-refractivity contribution in [3.63, 3.8) is 0 Å². The first-order valence-electron chi connectivity index (χ1n) is 4.53. The molecule has 0 aliphatic carbocycles. The van der Waals surface area contributed by atoms with Gasteiger partial charge in [0.05, 0.1) is 0 Å². The SMILES string of the molecule is O=C1NCC(c2ccc(Cl)cc2)CN1. The Morgan fingerprint density at radius 1 is 1.14 bits per heavy atom. The first-order valence-corrected chi connectivity index (χ1v) is 4.90. The first-order chi connectivity index (χ1) is 6.75. The number of rotatable bonds is 1. The van der Waals surface area contributed by atoms with E-state index in [4.69, 9.17) is 11.6 Å². The molecule has 0 spiro atoms. The molecule has 1 aliphatic heterocycles. The molecule has 1 fully saturated rings. The van der Waals surface area contributed by atoms with Crippen molar-refractivity contribution in [1.29, 1.82) is 0 Å². The van der Waals surface area contributed by atoms with Crippen molar-refractivity contribution >= 4 is 17.6 Å². The van der Waals surface area contributed by atoms with E-state index in [0.29, 0.717) is 19.0 Å². The zero-order valence-corrected chi connectivity index (χ0v) is 8.34. The lowest BCUT2D eigenvalue weighted by Crippen LogP contribution is -2.46. The molecule has 2 amide bonds. The average Bonchev–Trinajstić information content (AvgIpc) is 2.21. The van der Waals surface area contributed by atoms with Gasteiger partial charge < -0.3 is 10.6 Å². The van der Waals surface area contributed by atoms with E-state index in [1.165, 1.54) is 5.56 Å². The summed E-state index contributed by atoms with van der Waals surface area (Å²) in [6, 6.07) is 7.63. The monoisotopic (exact) mass is 210 g/mol. The minimum Gasteiger partial charge on any atom is -0.337 e. The molecule has 1 aromatic carbocycles. The first kappa shape index (κ1) is 9.34. The van der Waals surface area contributed by atoms with Gasteiger partial charge in [-0.2, -0.15) is 0 Å². The minimum absolute atomic E-state index is 0.0878. The summed E-state index contributed by atoms with van der Waals surface area (Å²) in [6.45, 7) is 1.38. The van der Waals surface area contributed by atoms with Crippen molar-refractivity contribution in [1.82, 2.24) is 10.6 Å². The van der Waals surface area contributed by atoms with Gasteiger partial charge in [0.15, 0.2) is 0 Å². The number of hydrogen-bond acceptors (Lipinski definition) is 1. The second-order valence-corrected chi connectivity index (χ2v) is 3.78. The fourth-order valence-electron chi connectivity index (χ4n) is 1.54. The predicted molar refractivity (Wildman–Crippen MR) is 55.6 cm³/mol. The van der Waals surface area contributed by atoms with E-state index < -0.39 is 0 Å². The van der Waals surface area contributed by atoms with Gasteiger partial charge in [0, 0.05) is 24.0 Å². The van der Waals surface area contributed by atoms with Crippen LogP contribution in [0.1, 0.15) is 11.5 Å². The van der Waals surface area contributed by atoms with Crippen molar-refractivity contribution in [2.45, 2.75) is 5.92 Å². The molecule has 2 rings (SSSR count). The van der Waals surface area contributed by atoms with E-state index in [1.807, 2.05) is 24.3 Å². The average molecular weight is 211 g/mol. The molecule has 3 nitrogen and oxygen atoms in total. The van der Waals surface area contributed by atoms with Crippen LogP contribution in [-0.2, 0) is 0 Å². The van der Waals surface area contributed by atoms with E-state index in [1.54, 1.807) is 0 Å². The lowest BCUT2D eigenvalue weighted by molar-refractivity contribution is 0.234. The number of halogens is 1. The molecule has 1 aliphatic rings. The molecule has 4 heteroatoms. The molecule has 0 unspecified atom stereocenters. The van der Waals surface area contributed by atoms with Gasteiger partial charge in [-0.05, 0) is 17.7 Å². The Bertz CT molecular complexity index is 326. The number of hydrogen-bond donors (Lipinski definition) is 2. The Labute approximate surface area is 87.4 Å². The van der Waals surface area contributed by atoms with Gasteiger partial charge >= 0.3 is 6.03 Å². The van der Waals surface area contributed by atoms with Crippen LogP contribution in [0.4, 0.5) is 4.79 Å². The van der Waals surface area contributed by atoms with Crippen LogP contribution in [0.2, 0.25) is 5.02 Å². The zero-order chi connectivity index (χ0) is 9.97. The molecule has 0 saturated carbocycles. The van der Waals surface area contributed by atoms with E-state index >= 15 is 0 Å². The molecule has 14 heavy (non-hydrogen) atoms. The largest absolute Gasteiger partial charge is 0.337 e. The lowest BCUT2D eigenvalue weighted by atomic mass is 9.98. The highest BCUT2D eigenvalue weighted by Gasteiger charge is 2.18. The highest BCUT2D eigenvalue weighted by Crippen LogP contribution is 2.18. The molecular formula is C10H11ClN2O. The summed E-state index contributed by atoms with van der Waals surface area (Å²) >= 11 is 5.79. The number of amides is 2. The third-order valence-corrected chi connectivity index (χ3v) is 2.61. The third-order valence-electron chi connectivity index (χ3n) is 2.36. The van der Waals surface area contributed by atoms with Crippen LogP contribution in [0, 0.1) is 0 Å². The van der Waals surface area contributed by atoms with Gasteiger partial charge in [-0.15, -0.1) is 0 Å². The van der Waals surface area contributed by atoms with Crippen LogP contribution in [0.5, 0.6) is 0 Å². The van der Waals surface area contributed by atoms with Crippen molar-refractivity contribution in [3.8, 4) is 0 Å². The molecule has 0 aromatic heterocycles. The van der Waals surface area contributed by atoms with Gasteiger partial charge in [0.1, 0.15) is 0 Å². The second-order valence-electron chi connectivity index (χ2n) is 3.34. The molecule has 1 heterocycles. The molecule has 1 saturated heterocycles. The Balaban J connectivity index is 2.08. The molecule has 2 N–H and O–H groups in total. The summed E-state index contributed by atoms with van der Waals surface area (Å²) in [6.07, 6.45) is 0. The number of urea groups is 1. The maximum absolute atomic E-state index is 10.9. The molecule has 1 aromatic rings. The zero-order valence-electron chi connectivity index (χ0n) is 7.59. The highest BCUT2D eigenvalue weighted by molar-refractivity contribution is 6.30. The molecule has 0 radical (unpaired) electrons. The van der Waals surface area contributed by atoms with Gasteiger partial charge in [0.25, 0.3) is 0 Å². The minimum atomic E-state index is -0.0878. The van der Waals surface area contributed by atoms with Gasteiger partial charge in [0.2, 0.25) is 0 Å². The van der Waals surface area contributed by atoms with Crippen molar-refractivity contribution < 1.29 is 4.79 Å². The third kappa shape index (κ3) is 1.99. The molecule has 74 valence electrons. The highest BCUT2D eigenvalue weighted by atomic mass is 35.5. The van der Waals surface area contributed by atoms with Gasteiger partial charge in [-0.25, -0.2) is 4.79 Å². The fourth-order valence-corrected chi connectivity index (χ4v) is 1.66. The number of carbonyl (C=O) groups excluding carboxylic acids is 1. The number of carbonyl (C=O) groups is 1. The van der Waals surface area contributed by atoms with Crippen LogP contribution in [0.15, 0.2) is 24.3 Å². The molecular weight excluding hydrogens is 200 g/mol. The smallest absolute Gasteiger partial charge is 0.314 e. The van der Waals surface area contributed by atoms with Crippen LogP contribution in [0.3, 0.4) is 0 Å². The molecule has 0 bridgehead atoms. The van der Waals surface area contributed by atoms with Crippen LogP contribution < -0.4 is 10.6 Å². The van der Waals surface area contributed by atoms with Crippen LogP contribution in [0.25, 0.3) is 0 Å². The Kier molecular flexibility index (Phi) is 2.59. The summed E-state index contributed by atoms with van der Waals surface area (Å²) in [7, 11) is 0. The maximum atomic E-state index is 10.9. The topological polar surface area (TPSA) is 41.1 Å². The van der Waals surface area contributed by atoms with E-state index in [9.17, 15) is 4.79 Å². The normalized spacial score (nSPS) is 17.4. The van der Waals surface area contributed by atoms with Crippen LogP contribution in [-0.4, -0.2) is 19.1 Å². The van der Waals surface area contributed by atoms with E-state index in [0.717, 1.165) is 5.02 Å². The number of benzene rings is 1. The Hall–Kier alpha value is -1.22.